The van der Waals surface area contributed by atoms with Crippen LogP contribution in [0.5, 0.6) is 0 Å². The van der Waals surface area contributed by atoms with Crippen LogP contribution in [0.15, 0.2) is 18.2 Å². The summed E-state index contributed by atoms with van der Waals surface area (Å²) in [5.74, 6) is -0.297. The van der Waals surface area contributed by atoms with E-state index in [1.165, 1.54) is 11.0 Å². The van der Waals surface area contributed by atoms with Crippen molar-refractivity contribution in [1.29, 1.82) is 0 Å². The number of hydrogen-bond donors (Lipinski definition) is 2. The maximum absolute atomic E-state index is 13.1. The number of benzene rings is 1. The molecule has 1 atom stereocenters. The first-order chi connectivity index (χ1) is 14.6. The van der Waals surface area contributed by atoms with E-state index in [1.54, 1.807) is 4.90 Å². The molecule has 0 radical (unpaired) electrons. The molecule has 2 heterocycles. The number of halogens is 4. The van der Waals surface area contributed by atoms with E-state index in [9.17, 15) is 22.8 Å². The number of nitrogens with zero attached hydrogens (tertiary/aromatic N) is 2. The summed E-state index contributed by atoms with van der Waals surface area (Å²) in [7, 11) is 0. The molecule has 3 rings (SSSR count). The van der Waals surface area contributed by atoms with Crippen LogP contribution in [0, 0.1) is 0 Å². The van der Waals surface area contributed by atoms with Crippen LogP contribution in [0.25, 0.3) is 0 Å². The van der Waals surface area contributed by atoms with Crippen molar-refractivity contribution in [2.75, 3.05) is 31.5 Å². The highest BCUT2D eigenvalue weighted by atomic mass is 35.5. The topological polar surface area (TPSA) is 64.7 Å². The fraction of sp³-hybridized carbons (Fsp3) is 0.550. The predicted octanol–water partition coefficient (Wildman–Crippen LogP) is 3.65. The summed E-state index contributed by atoms with van der Waals surface area (Å²) in [5.41, 5.74) is -0.865. The smallest absolute Gasteiger partial charge is 0.351 e. The number of alkyl halides is 3. The Morgan fingerprint density at radius 1 is 1.16 bits per heavy atom. The van der Waals surface area contributed by atoms with Gasteiger partial charge in [0.05, 0.1) is 17.1 Å². The van der Waals surface area contributed by atoms with Crippen LogP contribution in [0.3, 0.4) is 0 Å². The summed E-state index contributed by atoms with van der Waals surface area (Å²) in [5, 5.41) is 5.20. The quantitative estimate of drug-likeness (QED) is 0.649. The Balaban J connectivity index is 1.62. The monoisotopic (exact) mass is 476 g/mol. The molecule has 0 bridgehead atoms. The fourth-order valence-electron chi connectivity index (χ4n) is 3.77. The van der Waals surface area contributed by atoms with E-state index in [-0.39, 0.29) is 29.2 Å². The molecule has 2 N–H and O–H groups in total. The lowest BCUT2D eigenvalue weighted by Gasteiger charge is -2.27. The van der Waals surface area contributed by atoms with Gasteiger partial charge < -0.3 is 20.4 Å². The first kappa shape index (κ1) is 23.6. The molecule has 2 saturated heterocycles. The summed E-state index contributed by atoms with van der Waals surface area (Å²) in [6.07, 6.45) is -0.592. The molecule has 1 aromatic rings. The lowest BCUT2D eigenvalue weighted by Crippen LogP contribution is -2.51. The summed E-state index contributed by atoms with van der Waals surface area (Å²) >= 11 is 10.9. The van der Waals surface area contributed by atoms with Crippen LogP contribution in [-0.4, -0.2) is 58.9 Å². The lowest BCUT2D eigenvalue weighted by molar-refractivity contribution is -0.140. The molecule has 31 heavy (non-hydrogen) atoms. The maximum atomic E-state index is 13.1. The van der Waals surface area contributed by atoms with E-state index in [0.717, 1.165) is 50.9 Å². The number of likely N-dealkylation sites (tertiary alicyclic amines) is 2. The number of nitrogens with one attached hydrogen (secondary N) is 2. The fourth-order valence-corrected chi connectivity index (χ4v) is 4.26. The van der Waals surface area contributed by atoms with Crippen molar-refractivity contribution in [3.05, 3.63) is 28.8 Å². The van der Waals surface area contributed by atoms with E-state index < -0.39 is 22.8 Å². The second-order valence-corrected chi connectivity index (χ2v) is 8.50. The number of amides is 2. The van der Waals surface area contributed by atoms with Crippen LogP contribution >= 0.6 is 23.8 Å². The molecule has 1 aromatic carbocycles. The third-order valence-electron chi connectivity index (χ3n) is 5.40. The number of carbonyl (C=O) groups excluding carboxylic acids is 2. The van der Waals surface area contributed by atoms with Crippen LogP contribution in [0.1, 0.15) is 37.7 Å². The van der Waals surface area contributed by atoms with E-state index in [0.29, 0.717) is 13.0 Å². The van der Waals surface area contributed by atoms with E-state index in [1.807, 2.05) is 0 Å². The van der Waals surface area contributed by atoms with Crippen molar-refractivity contribution in [1.82, 2.24) is 15.1 Å². The van der Waals surface area contributed by atoms with Gasteiger partial charge in [0.15, 0.2) is 5.11 Å². The lowest BCUT2D eigenvalue weighted by atomic mass is 10.1. The minimum absolute atomic E-state index is 0.0292. The van der Waals surface area contributed by atoms with Gasteiger partial charge in [0, 0.05) is 25.3 Å². The third kappa shape index (κ3) is 6.22. The van der Waals surface area contributed by atoms with Crippen molar-refractivity contribution in [2.24, 2.45) is 0 Å². The highest BCUT2D eigenvalue weighted by Crippen LogP contribution is 2.36. The number of carbonyl (C=O) groups is 2. The number of thiocarbonyl (C=S) groups is 1. The second-order valence-electron chi connectivity index (χ2n) is 7.69. The molecular formula is C20H24ClF3N4O2S. The summed E-state index contributed by atoms with van der Waals surface area (Å²) < 4.78 is 39.2. The summed E-state index contributed by atoms with van der Waals surface area (Å²) in [4.78, 5) is 28.7. The first-order valence-electron chi connectivity index (χ1n) is 10.2. The Hall–Kier alpha value is -2.07. The zero-order valence-corrected chi connectivity index (χ0v) is 18.4. The van der Waals surface area contributed by atoms with Gasteiger partial charge in [0.1, 0.15) is 6.04 Å². The van der Waals surface area contributed by atoms with Crippen molar-refractivity contribution in [2.45, 2.75) is 44.3 Å². The average Bonchev–Trinajstić information content (AvgIpc) is 3.19. The molecule has 2 aliphatic heterocycles. The van der Waals surface area contributed by atoms with Gasteiger partial charge in [-0.2, -0.15) is 13.2 Å². The highest BCUT2D eigenvalue weighted by molar-refractivity contribution is 7.80. The first-order valence-corrected chi connectivity index (χ1v) is 10.9. The van der Waals surface area contributed by atoms with Crippen molar-refractivity contribution in [3.8, 4) is 0 Å². The Morgan fingerprint density at radius 3 is 2.52 bits per heavy atom. The standard InChI is InChI=1S/C20H24ClF3N4O2S/c21-15-7-6-13(11-14(15)20(22,23)24)25-19(31)26-16-5-1-2-10-28(18(16)30)12-17(29)27-8-3-4-9-27/h6-7,11,16H,1-5,8-10,12H2,(H2,25,26,31)/t16-/m0/s1. The molecule has 2 fully saturated rings. The summed E-state index contributed by atoms with van der Waals surface area (Å²) in [6.45, 7) is 1.96. The van der Waals surface area contributed by atoms with E-state index in [2.05, 4.69) is 10.6 Å². The predicted molar refractivity (Wildman–Crippen MR) is 116 cm³/mol. The Labute approximate surface area is 189 Å². The van der Waals surface area contributed by atoms with Gasteiger partial charge in [-0.25, -0.2) is 0 Å². The van der Waals surface area contributed by atoms with Gasteiger partial charge >= 0.3 is 6.18 Å². The second kappa shape index (κ2) is 10.0. The van der Waals surface area contributed by atoms with Gasteiger partial charge in [-0.1, -0.05) is 11.6 Å². The molecule has 0 unspecified atom stereocenters. The minimum atomic E-state index is -4.59. The molecule has 170 valence electrons. The van der Waals surface area contributed by atoms with Crippen LogP contribution in [0.2, 0.25) is 5.02 Å². The number of rotatable bonds is 4. The Morgan fingerprint density at radius 2 is 1.84 bits per heavy atom. The van der Waals surface area contributed by atoms with Crippen LogP contribution < -0.4 is 10.6 Å². The van der Waals surface area contributed by atoms with Gasteiger partial charge in [0.2, 0.25) is 11.8 Å². The van der Waals surface area contributed by atoms with Gasteiger partial charge in [0.25, 0.3) is 0 Å². The molecule has 0 spiro atoms. The Kier molecular flexibility index (Phi) is 7.64. The molecule has 2 amide bonds. The van der Waals surface area contributed by atoms with Crippen LogP contribution in [0.4, 0.5) is 18.9 Å². The molecular weight excluding hydrogens is 453 g/mol. The number of hydrogen-bond acceptors (Lipinski definition) is 3. The molecule has 11 heteroatoms. The van der Waals surface area contributed by atoms with Crippen molar-refractivity contribution >= 4 is 46.4 Å². The zero-order valence-electron chi connectivity index (χ0n) is 16.8. The van der Waals surface area contributed by atoms with Gasteiger partial charge in [-0.05, 0) is 62.5 Å². The normalized spacial score (nSPS) is 19.9. The molecule has 0 saturated carbocycles. The largest absolute Gasteiger partial charge is 0.417 e. The van der Waals surface area contributed by atoms with E-state index in [4.69, 9.17) is 23.8 Å². The molecule has 2 aliphatic rings. The van der Waals surface area contributed by atoms with Crippen LogP contribution in [-0.2, 0) is 15.8 Å². The SMILES string of the molecule is O=C(CN1CCCC[C@H](NC(=S)Nc2ccc(Cl)c(C(F)(F)F)c2)C1=O)N1CCCC1. The molecule has 0 aliphatic carbocycles. The minimum Gasteiger partial charge on any atom is -0.351 e. The van der Waals surface area contributed by atoms with Crippen molar-refractivity contribution < 1.29 is 22.8 Å². The van der Waals surface area contributed by atoms with E-state index >= 15 is 0 Å². The highest BCUT2D eigenvalue weighted by Gasteiger charge is 2.34. The van der Waals surface area contributed by atoms with Gasteiger partial charge in [-0.15, -0.1) is 0 Å². The molecule has 0 aromatic heterocycles. The Bertz CT molecular complexity index is 846. The molecule has 6 nitrogen and oxygen atoms in total. The maximum Gasteiger partial charge on any atom is 0.417 e. The zero-order chi connectivity index (χ0) is 22.6. The summed E-state index contributed by atoms with van der Waals surface area (Å²) in [6, 6.07) is 2.73. The average molecular weight is 477 g/mol. The van der Waals surface area contributed by atoms with Gasteiger partial charge in [-0.3, -0.25) is 9.59 Å². The third-order valence-corrected chi connectivity index (χ3v) is 5.95. The number of anilines is 1. The van der Waals surface area contributed by atoms with Crippen molar-refractivity contribution in [3.63, 3.8) is 0 Å².